The maximum absolute atomic E-state index is 11.7. The number of benzene rings is 1. The Kier molecular flexibility index (Phi) is 4.27. The van der Waals surface area contributed by atoms with Gasteiger partial charge in [-0.25, -0.2) is 0 Å². The second-order valence-corrected chi connectivity index (χ2v) is 6.88. The lowest BCUT2D eigenvalue weighted by atomic mass is 10.1. The SMILES string of the molecule is CCSc1ccc(Cl)cc1-c1cc2ccc(C)cn2c1C=O. The summed E-state index contributed by atoms with van der Waals surface area (Å²) >= 11 is 7.94. The predicted octanol–water partition coefficient (Wildman–Crippen LogP) is 5.49. The first kappa shape index (κ1) is 15.2. The molecule has 0 aliphatic carbocycles. The molecule has 2 nitrogen and oxygen atoms in total. The number of aryl methyl sites for hydroxylation is 1. The van der Waals surface area contributed by atoms with Crippen molar-refractivity contribution in [1.82, 2.24) is 4.40 Å². The van der Waals surface area contributed by atoms with Gasteiger partial charge in [-0.2, -0.15) is 0 Å². The molecule has 0 aliphatic rings. The summed E-state index contributed by atoms with van der Waals surface area (Å²) in [5.74, 6) is 0.970. The summed E-state index contributed by atoms with van der Waals surface area (Å²) in [5, 5.41) is 0.679. The Labute approximate surface area is 139 Å². The van der Waals surface area contributed by atoms with Gasteiger partial charge in [-0.1, -0.05) is 24.6 Å². The number of rotatable bonds is 4. The summed E-state index contributed by atoms with van der Waals surface area (Å²) in [6, 6.07) is 12.0. The average molecular weight is 330 g/mol. The Balaban J connectivity index is 2.30. The number of fused-ring (bicyclic) bond motifs is 1. The van der Waals surface area contributed by atoms with Crippen molar-refractivity contribution in [1.29, 1.82) is 0 Å². The number of carbonyl (C=O) groups is 1. The van der Waals surface area contributed by atoms with E-state index in [9.17, 15) is 4.79 Å². The molecule has 4 heteroatoms. The smallest absolute Gasteiger partial charge is 0.167 e. The monoisotopic (exact) mass is 329 g/mol. The largest absolute Gasteiger partial charge is 0.313 e. The van der Waals surface area contributed by atoms with Crippen LogP contribution in [-0.4, -0.2) is 16.4 Å². The number of thioether (sulfide) groups is 1. The zero-order chi connectivity index (χ0) is 15.7. The summed E-state index contributed by atoms with van der Waals surface area (Å²) in [6.45, 7) is 4.13. The number of hydrogen-bond acceptors (Lipinski definition) is 2. The average Bonchev–Trinajstić information content (AvgIpc) is 2.86. The Bertz CT molecular complexity index is 854. The van der Waals surface area contributed by atoms with Crippen molar-refractivity contribution < 1.29 is 4.79 Å². The maximum Gasteiger partial charge on any atom is 0.167 e. The summed E-state index contributed by atoms with van der Waals surface area (Å²) in [6.07, 6.45) is 2.91. The molecular weight excluding hydrogens is 314 g/mol. The molecule has 0 saturated heterocycles. The van der Waals surface area contributed by atoms with E-state index in [0.29, 0.717) is 10.7 Å². The van der Waals surface area contributed by atoms with Crippen LogP contribution in [0.5, 0.6) is 0 Å². The van der Waals surface area contributed by atoms with Crippen LogP contribution < -0.4 is 0 Å². The zero-order valence-electron chi connectivity index (χ0n) is 12.5. The molecular formula is C18H16ClNOS. The van der Waals surface area contributed by atoms with E-state index in [1.807, 2.05) is 47.9 Å². The van der Waals surface area contributed by atoms with Crippen molar-refractivity contribution in [3.8, 4) is 11.1 Å². The molecule has 0 aliphatic heterocycles. The molecule has 1 aromatic carbocycles. The Morgan fingerprint density at radius 2 is 2.00 bits per heavy atom. The highest BCUT2D eigenvalue weighted by atomic mass is 35.5. The third-order valence-electron chi connectivity index (χ3n) is 3.60. The third-order valence-corrected chi connectivity index (χ3v) is 4.79. The van der Waals surface area contributed by atoms with Crippen LogP contribution in [0.1, 0.15) is 23.0 Å². The Morgan fingerprint density at radius 1 is 1.18 bits per heavy atom. The fourth-order valence-electron chi connectivity index (χ4n) is 2.63. The van der Waals surface area contributed by atoms with Crippen molar-refractivity contribution in [3.05, 3.63) is 58.9 Å². The number of halogens is 1. The topological polar surface area (TPSA) is 21.5 Å². The maximum atomic E-state index is 11.7. The van der Waals surface area contributed by atoms with Crippen LogP contribution >= 0.6 is 23.4 Å². The van der Waals surface area contributed by atoms with Crippen molar-refractivity contribution in [2.24, 2.45) is 0 Å². The van der Waals surface area contributed by atoms with Crippen molar-refractivity contribution in [2.45, 2.75) is 18.7 Å². The van der Waals surface area contributed by atoms with Gasteiger partial charge < -0.3 is 4.40 Å². The van der Waals surface area contributed by atoms with Crippen LogP contribution in [0.15, 0.2) is 47.5 Å². The van der Waals surface area contributed by atoms with E-state index >= 15 is 0 Å². The van der Waals surface area contributed by atoms with Crippen molar-refractivity contribution >= 4 is 35.2 Å². The highest BCUT2D eigenvalue weighted by Gasteiger charge is 2.15. The lowest BCUT2D eigenvalue weighted by Crippen LogP contribution is -1.94. The molecule has 0 fully saturated rings. The minimum absolute atomic E-state index is 0.666. The highest BCUT2D eigenvalue weighted by Crippen LogP contribution is 2.36. The van der Waals surface area contributed by atoms with E-state index in [1.54, 1.807) is 11.8 Å². The number of nitrogens with zero attached hydrogens (tertiary/aromatic N) is 1. The first-order valence-electron chi connectivity index (χ1n) is 7.13. The van der Waals surface area contributed by atoms with Crippen LogP contribution in [0.2, 0.25) is 5.02 Å². The van der Waals surface area contributed by atoms with Gasteiger partial charge in [-0.15, -0.1) is 11.8 Å². The molecule has 3 rings (SSSR count). The Morgan fingerprint density at radius 3 is 2.73 bits per heavy atom. The van der Waals surface area contributed by atoms with Crippen LogP contribution in [-0.2, 0) is 0 Å². The number of aromatic nitrogens is 1. The van der Waals surface area contributed by atoms with Crippen LogP contribution in [0, 0.1) is 6.92 Å². The molecule has 0 bridgehead atoms. The second kappa shape index (κ2) is 6.19. The van der Waals surface area contributed by atoms with Crippen LogP contribution in [0.25, 0.3) is 16.6 Å². The zero-order valence-corrected chi connectivity index (χ0v) is 14.0. The quantitative estimate of drug-likeness (QED) is 0.466. The highest BCUT2D eigenvalue weighted by molar-refractivity contribution is 7.99. The molecule has 0 saturated carbocycles. The lowest BCUT2D eigenvalue weighted by Gasteiger charge is -2.08. The molecule has 3 aromatic rings. The molecule has 22 heavy (non-hydrogen) atoms. The van der Waals surface area contributed by atoms with E-state index in [-0.39, 0.29) is 0 Å². The number of carbonyl (C=O) groups excluding carboxylic acids is 1. The van der Waals surface area contributed by atoms with Gasteiger partial charge >= 0.3 is 0 Å². The van der Waals surface area contributed by atoms with Crippen molar-refractivity contribution in [2.75, 3.05) is 5.75 Å². The summed E-state index contributed by atoms with van der Waals surface area (Å²) in [7, 11) is 0. The molecule has 0 spiro atoms. The van der Waals surface area contributed by atoms with Gasteiger partial charge in [0.05, 0.1) is 5.69 Å². The molecule has 0 amide bonds. The standard InChI is InChI=1S/C18H16ClNOS/c1-3-22-18-7-5-13(19)8-16(18)15-9-14-6-4-12(2)10-20(14)17(15)11-21/h4-11H,3H2,1-2H3. The number of pyridine rings is 1. The third kappa shape index (κ3) is 2.67. The van der Waals surface area contributed by atoms with Crippen LogP contribution in [0.4, 0.5) is 0 Å². The second-order valence-electron chi connectivity index (χ2n) is 5.14. The van der Waals surface area contributed by atoms with E-state index in [0.717, 1.165) is 39.1 Å². The first-order chi connectivity index (χ1) is 10.6. The minimum Gasteiger partial charge on any atom is -0.313 e. The van der Waals surface area contributed by atoms with Crippen LogP contribution in [0.3, 0.4) is 0 Å². The predicted molar refractivity (Wildman–Crippen MR) is 94.4 cm³/mol. The van der Waals surface area contributed by atoms with Gasteiger partial charge in [0, 0.05) is 27.2 Å². The van der Waals surface area contributed by atoms with Gasteiger partial charge in [0.15, 0.2) is 6.29 Å². The van der Waals surface area contributed by atoms with Gasteiger partial charge in [-0.05, 0) is 54.1 Å². The Hall–Kier alpha value is -1.71. The van der Waals surface area contributed by atoms with E-state index in [2.05, 4.69) is 13.0 Å². The van der Waals surface area contributed by atoms with Gasteiger partial charge in [-0.3, -0.25) is 4.79 Å². The molecule has 112 valence electrons. The van der Waals surface area contributed by atoms with E-state index in [4.69, 9.17) is 11.6 Å². The fourth-order valence-corrected chi connectivity index (χ4v) is 3.60. The molecule has 0 unspecified atom stereocenters. The van der Waals surface area contributed by atoms with Gasteiger partial charge in [0.2, 0.25) is 0 Å². The molecule has 0 radical (unpaired) electrons. The summed E-state index contributed by atoms with van der Waals surface area (Å²) < 4.78 is 1.94. The summed E-state index contributed by atoms with van der Waals surface area (Å²) in [4.78, 5) is 12.8. The minimum atomic E-state index is 0.666. The number of aldehydes is 1. The molecule has 2 heterocycles. The normalized spacial score (nSPS) is 11.0. The van der Waals surface area contributed by atoms with E-state index < -0.39 is 0 Å². The fraction of sp³-hybridized carbons (Fsp3) is 0.167. The van der Waals surface area contributed by atoms with Gasteiger partial charge in [0.25, 0.3) is 0 Å². The number of hydrogen-bond donors (Lipinski definition) is 0. The first-order valence-corrected chi connectivity index (χ1v) is 8.50. The summed E-state index contributed by atoms with van der Waals surface area (Å²) in [5.41, 5.74) is 4.74. The molecule has 0 N–H and O–H groups in total. The lowest BCUT2D eigenvalue weighted by molar-refractivity contribution is 0.111. The molecule has 2 aromatic heterocycles. The van der Waals surface area contributed by atoms with Crippen molar-refractivity contribution in [3.63, 3.8) is 0 Å². The molecule has 0 atom stereocenters. The van der Waals surface area contributed by atoms with E-state index in [1.165, 1.54) is 0 Å². The van der Waals surface area contributed by atoms with Gasteiger partial charge in [0.1, 0.15) is 0 Å².